The maximum atomic E-state index is 11.6. The molecule has 0 amide bonds. The van der Waals surface area contributed by atoms with Gasteiger partial charge in [0.2, 0.25) is 0 Å². The molecule has 0 fully saturated rings. The fourth-order valence-corrected chi connectivity index (χ4v) is 1.74. The molecule has 1 heterocycles. The average Bonchev–Trinajstić information content (AvgIpc) is 2.39. The fourth-order valence-electron chi connectivity index (χ4n) is 1.74. The molecule has 98 valence electrons. The summed E-state index contributed by atoms with van der Waals surface area (Å²) in [7, 11) is 0. The second-order valence-corrected chi connectivity index (χ2v) is 4.17. The minimum Gasteiger partial charge on any atom is -0.508 e. The third-order valence-electron chi connectivity index (χ3n) is 2.81. The van der Waals surface area contributed by atoms with Crippen LogP contribution in [0.4, 0.5) is 0 Å². The van der Waals surface area contributed by atoms with Gasteiger partial charge in [-0.1, -0.05) is 12.1 Å². The van der Waals surface area contributed by atoms with E-state index in [0.717, 1.165) is 5.56 Å². The van der Waals surface area contributed by atoms with Gasteiger partial charge < -0.3 is 14.8 Å². The van der Waals surface area contributed by atoms with Gasteiger partial charge in [0.15, 0.2) is 0 Å². The molecule has 0 aliphatic carbocycles. The van der Waals surface area contributed by atoms with Crippen LogP contribution in [0.3, 0.4) is 0 Å². The second kappa shape index (κ2) is 5.39. The van der Waals surface area contributed by atoms with Crippen molar-refractivity contribution in [2.75, 3.05) is 0 Å². The fraction of sp³-hybridized carbons (Fsp3) is 0.143. The lowest BCUT2D eigenvalue weighted by Crippen LogP contribution is -2.21. The van der Waals surface area contributed by atoms with Gasteiger partial charge in [-0.3, -0.25) is 4.79 Å². The normalized spacial score (nSPS) is 10.3. The summed E-state index contributed by atoms with van der Waals surface area (Å²) < 4.78 is 1.37. The van der Waals surface area contributed by atoms with Crippen LogP contribution in [-0.2, 0) is 13.0 Å². The van der Waals surface area contributed by atoms with Crippen LogP contribution in [-0.4, -0.2) is 20.7 Å². The summed E-state index contributed by atoms with van der Waals surface area (Å²) in [5, 5.41) is 18.0. The Labute approximate surface area is 109 Å². The molecule has 0 saturated carbocycles. The first kappa shape index (κ1) is 12.9. The highest BCUT2D eigenvalue weighted by molar-refractivity contribution is 5.87. The first-order valence-corrected chi connectivity index (χ1v) is 5.78. The molecule has 2 aromatic rings. The predicted molar refractivity (Wildman–Crippen MR) is 69.5 cm³/mol. The number of phenols is 1. The van der Waals surface area contributed by atoms with Crippen LogP contribution < -0.4 is 5.56 Å². The van der Waals surface area contributed by atoms with Crippen molar-refractivity contribution in [3.63, 3.8) is 0 Å². The average molecular weight is 259 g/mol. The zero-order valence-electron chi connectivity index (χ0n) is 10.1. The minimum absolute atomic E-state index is 0.0882. The van der Waals surface area contributed by atoms with Gasteiger partial charge in [0.25, 0.3) is 5.56 Å². The predicted octanol–water partition coefficient (Wildman–Crippen LogP) is 1.49. The molecule has 0 aliphatic heterocycles. The first-order chi connectivity index (χ1) is 9.06. The number of aromatic nitrogens is 1. The summed E-state index contributed by atoms with van der Waals surface area (Å²) in [5.41, 5.74) is 0.819. The third kappa shape index (κ3) is 3.22. The van der Waals surface area contributed by atoms with Crippen molar-refractivity contribution in [1.29, 1.82) is 0 Å². The van der Waals surface area contributed by atoms with Gasteiger partial charge in [-0.2, -0.15) is 0 Å². The Morgan fingerprint density at radius 3 is 2.42 bits per heavy atom. The number of hydrogen-bond acceptors (Lipinski definition) is 3. The van der Waals surface area contributed by atoms with Crippen LogP contribution in [0.2, 0.25) is 0 Å². The second-order valence-electron chi connectivity index (χ2n) is 4.17. The molecule has 1 aromatic heterocycles. The minimum atomic E-state index is -1.06. The molecule has 0 radical (unpaired) electrons. The van der Waals surface area contributed by atoms with Gasteiger partial charge in [0.1, 0.15) is 5.75 Å². The number of pyridine rings is 1. The van der Waals surface area contributed by atoms with Crippen LogP contribution in [0, 0.1) is 0 Å². The van der Waals surface area contributed by atoms with Crippen molar-refractivity contribution in [3.8, 4) is 5.75 Å². The third-order valence-corrected chi connectivity index (χ3v) is 2.81. The van der Waals surface area contributed by atoms with E-state index in [0.29, 0.717) is 13.0 Å². The van der Waals surface area contributed by atoms with E-state index in [1.807, 2.05) is 0 Å². The van der Waals surface area contributed by atoms with Crippen molar-refractivity contribution in [2.24, 2.45) is 0 Å². The monoisotopic (exact) mass is 259 g/mol. The van der Waals surface area contributed by atoms with Gasteiger partial charge in [-0.25, -0.2) is 4.79 Å². The van der Waals surface area contributed by atoms with E-state index >= 15 is 0 Å². The number of aromatic hydroxyl groups is 1. The summed E-state index contributed by atoms with van der Waals surface area (Å²) in [5.74, 6) is -0.868. The molecular weight excluding hydrogens is 246 g/mol. The Bertz CT molecular complexity index is 643. The van der Waals surface area contributed by atoms with Gasteiger partial charge in [-0.05, 0) is 30.2 Å². The van der Waals surface area contributed by atoms with Crippen LogP contribution in [0.15, 0.2) is 47.4 Å². The molecule has 2 rings (SSSR count). The summed E-state index contributed by atoms with van der Waals surface area (Å²) in [6, 6.07) is 9.22. The standard InChI is InChI=1S/C14H13NO4/c16-12-4-1-10(2-5-12)7-8-15-9-11(14(18)19)3-6-13(15)17/h1-6,9,16H,7-8H2,(H,18,19). The molecule has 5 nitrogen and oxygen atoms in total. The summed E-state index contributed by atoms with van der Waals surface area (Å²) in [6.45, 7) is 0.394. The van der Waals surface area contributed by atoms with E-state index < -0.39 is 5.97 Å². The molecule has 0 atom stereocenters. The lowest BCUT2D eigenvalue weighted by atomic mass is 10.1. The van der Waals surface area contributed by atoms with E-state index in [9.17, 15) is 9.59 Å². The summed E-state index contributed by atoms with van der Waals surface area (Å²) in [6.07, 6.45) is 1.92. The Kier molecular flexibility index (Phi) is 3.66. The van der Waals surface area contributed by atoms with E-state index in [4.69, 9.17) is 10.2 Å². The molecule has 0 unspecified atom stereocenters. The maximum Gasteiger partial charge on any atom is 0.337 e. The molecule has 0 bridgehead atoms. The van der Waals surface area contributed by atoms with Gasteiger partial charge in [0, 0.05) is 18.8 Å². The van der Waals surface area contributed by atoms with Gasteiger partial charge in [0.05, 0.1) is 5.56 Å². The number of carboxylic acid groups (broad SMARTS) is 1. The molecule has 0 aliphatic rings. The molecule has 19 heavy (non-hydrogen) atoms. The number of aromatic carboxylic acids is 1. The number of phenolic OH excluding ortho intramolecular Hbond substituents is 1. The smallest absolute Gasteiger partial charge is 0.337 e. The Morgan fingerprint density at radius 1 is 1.11 bits per heavy atom. The number of benzene rings is 1. The highest BCUT2D eigenvalue weighted by atomic mass is 16.4. The molecule has 1 aromatic carbocycles. The largest absolute Gasteiger partial charge is 0.508 e. The summed E-state index contributed by atoms with van der Waals surface area (Å²) in [4.78, 5) is 22.4. The Balaban J connectivity index is 2.15. The zero-order chi connectivity index (χ0) is 13.8. The van der Waals surface area contributed by atoms with Crippen molar-refractivity contribution in [3.05, 3.63) is 64.1 Å². The topological polar surface area (TPSA) is 79.5 Å². The molecule has 0 spiro atoms. The quantitative estimate of drug-likeness (QED) is 0.872. The highest BCUT2D eigenvalue weighted by Gasteiger charge is 2.05. The zero-order valence-corrected chi connectivity index (χ0v) is 10.1. The lowest BCUT2D eigenvalue weighted by Gasteiger charge is -2.06. The first-order valence-electron chi connectivity index (χ1n) is 5.78. The number of rotatable bonds is 4. The lowest BCUT2D eigenvalue weighted by molar-refractivity contribution is 0.0696. The van der Waals surface area contributed by atoms with E-state index in [1.165, 1.54) is 22.9 Å². The molecular formula is C14H13NO4. The molecule has 0 saturated heterocycles. The van der Waals surface area contributed by atoms with Crippen LogP contribution in [0.5, 0.6) is 5.75 Å². The van der Waals surface area contributed by atoms with Crippen molar-refractivity contribution < 1.29 is 15.0 Å². The van der Waals surface area contributed by atoms with E-state index in [1.54, 1.807) is 24.3 Å². The van der Waals surface area contributed by atoms with E-state index in [2.05, 4.69) is 0 Å². The Morgan fingerprint density at radius 2 is 1.79 bits per heavy atom. The van der Waals surface area contributed by atoms with Crippen LogP contribution in [0.25, 0.3) is 0 Å². The van der Waals surface area contributed by atoms with Crippen LogP contribution in [0.1, 0.15) is 15.9 Å². The molecule has 5 heteroatoms. The number of hydrogen-bond donors (Lipinski definition) is 2. The summed E-state index contributed by atoms with van der Waals surface area (Å²) >= 11 is 0. The molecule has 2 N–H and O–H groups in total. The maximum absolute atomic E-state index is 11.6. The van der Waals surface area contributed by atoms with Crippen molar-refractivity contribution >= 4 is 5.97 Å². The number of carbonyl (C=O) groups is 1. The van der Waals surface area contributed by atoms with Crippen molar-refractivity contribution in [2.45, 2.75) is 13.0 Å². The number of aryl methyl sites for hydroxylation is 2. The van der Waals surface area contributed by atoms with Crippen LogP contribution >= 0.6 is 0 Å². The number of nitrogens with zero attached hydrogens (tertiary/aromatic N) is 1. The number of carboxylic acids is 1. The highest BCUT2D eigenvalue weighted by Crippen LogP contribution is 2.10. The van der Waals surface area contributed by atoms with Crippen molar-refractivity contribution in [1.82, 2.24) is 4.57 Å². The van der Waals surface area contributed by atoms with E-state index in [-0.39, 0.29) is 16.9 Å². The van der Waals surface area contributed by atoms with Gasteiger partial charge in [-0.15, -0.1) is 0 Å². The SMILES string of the molecule is O=C(O)c1ccc(=O)n(CCc2ccc(O)cc2)c1. The van der Waals surface area contributed by atoms with Gasteiger partial charge >= 0.3 is 5.97 Å². The Hall–Kier alpha value is -2.56.